The molecular weight excluding hydrogens is 276 g/mol. The summed E-state index contributed by atoms with van der Waals surface area (Å²) in [6, 6.07) is 10.6. The van der Waals surface area contributed by atoms with Crippen molar-refractivity contribution >= 4 is 34.4 Å². The first-order valence-corrected chi connectivity index (χ1v) is 6.40. The lowest BCUT2D eigenvalue weighted by atomic mass is 10.1. The normalized spacial score (nSPS) is 10.2. The third-order valence-electron chi connectivity index (χ3n) is 2.87. The second-order valence-electron chi connectivity index (χ2n) is 4.33. The van der Waals surface area contributed by atoms with E-state index in [9.17, 15) is 4.79 Å². The van der Waals surface area contributed by atoms with Gasteiger partial charge in [0.2, 0.25) is 0 Å². The van der Waals surface area contributed by atoms with Gasteiger partial charge in [0.1, 0.15) is 5.75 Å². The third kappa shape index (κ3) is 3.03. The number of ketones is 1. The number of carbonyl (C=O) groups is 1. The summed E-state index contributed by atoms with van der Waals surface area (Å²) in [7, 11) is 1.56. The first-order chi connectivity index (χ1) is 9.51. The number of nitrogens with two attached hydrogens (primary N) is 1. The molecule has 0 spiro atoms. The summed E-state index contributed by atoms with van der Waals surface area (Å²) in [6.45, 7) is 1.49. The lowest BCUT2D eigenvalue weighted by Gasteiger charge is -2.10. The smallest absolute Gasteiger partial charge is 0.161 e. The van der Waals surface area contributed by atoms with Gasteiger partial charge in [-0.25, -0.2) is 0 Å². The lowest BCUT2D eigenvalue weighted by molar-refractivity contribution is 0.101. The molecule has 0 aromatic heterocycles. The molecule has 0 amide bonds. The topological polar surface area (TPSA) is 64.3 Å². The molecule has 5 heteroatoms. The molecule has 0 fully saturated rings. The number of hydrogen-bond acceptors (Lipinski definition) is 4. The molecule has 2 aromatic rings. The fraction of sp³-hybridized carbons (Fsp3) is 0.133. The van der Waals surface area contributed by atoms with Crippen molar-refractivity contribution < 1.29 is 9.53 Å². The summed E-state index contributed by atoms with van der Waals surface area (Å²) in [6.07, 6.45) is 0. The molecular formula is C15H15ClN2O2. The van der Waals surface area contributed by atoms with Crippen LogP contribution in [0.2, 0.25) is 5.02 Å². The van der Waals surface area contributed by atoms with Crippen LogP contribution in [0.1, 0.15) is 17.3 Å². The van der Waals surface area contributed by atoms with Crippen LogP contribution < -0.4 is 15.8 Å². The number of carbonyl (C=O) groups excluding carboxylic acids is 1. The van der Waals surface area contributed by atoms with Gasteiger partial charge in [0.05, 0.1) is 12.1 Å². The molecule has 2 rings (SSSR count). The summed E-state index contributed by atoms with van der Waals surface area (Å²) in [5, 5.41) is 3.69. The predicted molar refractivity (Wildman–Crippen MR) is 82.1 cm³/mol. The Hall–Kier alpha value is -2.20. The molecule has 20 heavy (non-hydrogen) atoms. The van der Waals surface area contributed by atoms with E-state index in [-0.39, 0.29) is 5.78 Å². The van der Waals surface area contributed by atoms with Gasteiger partial charge in [-0.05, 0) is 43.3 Å². The number of rotatable bonds is 4. The van der Waals surface area contributed by atoms with Crippen LogP contribution in [0.3, 0.4) is 0 Å². The molecule has 3 N–H and O–H groups in total. The van der Waals surface area contributed by atoms with Gasteiger partial charge in [-0.1, -0.05) is 11.6 Å². The van der Waals surface area contributed by atoms with Crippen LogP contribution in [0.25, 0.3) is 0 Å². The Morgan fingerprint density at radius 2 is 1.85 bits per heavy atom. The quantitative estimate of drug-likeness (QED) is 0.662. The van der Waals surface area contributed by atoms with Gasteiger partial charge >= 0.3 is 0 Å². The average Bonchev–Trinajstić information content (AvgIpc) is 2.38. The zero-order valence-corrected chi connectivity index (χ0v) is 12.0. The number of methoxy groups -OCH3 is 1. The zero-order chi connectivity index (χ0) is 14.7. The van der Waals surface area contributed by atoms with Crippen molar-refractivity contribution in [2.75, 3.05) is 18.2 Å². The third-order valence-corrected chi connectivity index (χ3v) is 3.17. The fourth-order valence-corrected chi connectivity index (χ4v) is 2.13. The molecule has 2 aromatic carbocycles. The molecule has 104 valence electrons. The average molecular weight is 291 g/mol. The minimum Gasteiger partial charge on any atom is -0.495 e. The highest BCUT2D eigenvalue weighted by atomic mass is 35.5. The Labute approximate surface area is 122 Å². The van der Waals surface area contributed by atoms with Crippen molar-refractivity contribution in [2.45, 2.75) is 6.92 Å². The Kier molecular flexibility index (Phi) is 4.15. The Bertz CT molecular complexity index is 656. The molecule has 4 nitrogen and oxygen atoms in total. The predicted octanol–water partition coefficient (Wildman–Crippen LogP) is 3.88. The molecule has 0 aliphatic heterocycles. The van der Waals surface area contributed by atoms with Gasteiger partial charge in [-0.15, -0.1) is 0 Å². The highest BCUT2D eigenvalue weighted by Crippen LogP contribution is 2.29. The van der Waals surface area contributed by atoms with E-state index in [1.165, 1.54) is 6.92 Å². The number of nitrogen functional groups attached to an aromatic ring is 1. The molecule has 0 saturated carbocycles. The van der Waals surface area contributed by atoms with E-state index in [0.29, 0.717) is 22.0 Å². The SMILES string of the molecule is COc1ccc(Nc2ccc(C(C)=O)c(N)c2)cc1Cl. The Morgan fingerprint density at radius 3 is 2.40 bits per heavy atom. The number of Topliss-reactive ketones (excluding diaryl/α,β-unsaturated/α-hetero) is 1. The van der Waals surface area contributed by atoms with Crippen LogP contribution >= 0.6 is 11.6 Å². The van der Waals surface area contributed by atoms with E-state index in [1.54, 1.807) is 37.4 Å². The number of ether oxygens (including phenoxy) is 1. The molecule has 0 atom stereocenters. The first kappa shape index (κ1) is 14.2. The van der Waals surface area contributed by atoms with E-state index in [0.717, 1.165) is 11.4 Å². The summed E-state index contributed by atoms with van der Waals surface area (Å²) in [5.74, 6) is 0.560. The molecule has 0 bridgehead atoms. The summed E-state index contributed by atoms with van der Waals surface area (Å²) < 4.78 is 5.09. The summed E-state index contributed by atoms with van der Waals surface area (Å²) in [5.41, 5.74) is 8.40. The maximum absolute atomic E-state index is 11.3. The van der Waals surface area contributed by atoms with E-state index >= 15 is 0 Å². The van der Waals surface area contributed by atoms with Gasteiger partial charge in [-0.2, -0.15) is 0 Å². The molecule has 0 saturated heterocycles. The standard InChI is InChI=1S/C15H15ClN2O2/c1-9(19)12-5-3-11(8-14(12)17)18-10-4-6-15(20-2)13(16)7-10/h3-8,18H,17H2,1-2H3. The second-order valence-corrected chi connectivity index (χ2v) is 4.74. The minimum absolute atomic E-state index is 0.0541. The monoisotopic (exact) mass is 290 g/mol. The molecule has 0 aliphatic carbocycles. The summed E-state index contributed by atoms with van der Waals surface area (Å²) >= 11 is 6.06. The van der Waals surface area contributed by atoms with Gasteiger partial charge in [0, 0.05) is 22.6 Å². The highest BCUT2D eigenvalue weighted by Gasteiger charge is 2.06. The Morgan fingerprint density at radius 1 is 1.20 bits per heavy atom. The van der Waals surface area contributed by atoms with Gasteiger partial charge in [0.25, 0.3) is 0 Å². The van der Waals surface area contributed by atoms with Crippen molar-refractivity contribution in [1.82, 2.24) is 0 Å². The van der Waals surface area contributed by atoms with Crippen LogP contribution in [0, 0.1) is 0 Å². The molecule has 0 unspecified atom stereocenters. The Balaban J connectivity index is 2.24. The highest BCUT2D eigenvalue weighted by molar-refractivity contribution is 6.32. The number of nitrogens with one attached hydrogen (secondary N) is 1. The molecule has 0 radical (unpaired) electrons. The zero-order valence-electron chi connectivity index (χ0n) is 11.2. The van der Waals surface area contributed by atoms with Crippen molar-refractivity contribution in [1.29, 1.82) is 0 Å². The van der Waals surface area contributed by atoms with Crippen molar-refractivity contribution in [3.63, 3.8) is 0 Å². The van der Waals surface area contributed by atoms with Crippen LogP contribution in [0.4, 0.5) is 17.1 Å². The van der Waals surface area contributed by atoms with E-state index < -0.39 is 0 Å². The number of benzene rings is 2. The maximum Gasteiger partial charge on any atom is 0.161 e. The fourth-order valence-electron chi connectivity index (χ4n) is 1.87. The summed E-state index contributed by atoms with van der Waals surface area (Å²) in [4.78, 5) is 11.3. The van der Waals surface area contributed by atoms with Crippen molar-refractivity contribution in [2.24, 2.45) is 0 Å². The van der Waals surface area contributed by atoms with Crippen LogP contribution in [0.15, 0.2) is 36.4 Å². The largest absolute Gasteiger partial charge is 0.495 e. The first-order valence-electron chi connectivity index (χ1n) is 6.02. The second kappa shape index (κ2) is 5.84. The lowest BCUT2D eigenvalue weighted by Crippen LogP contribution is -2.00. The minimum atomic E-state index is -0.0541. The van der Waals surface area contributed by atoms with Gasteiger partial charge < -0.3 is 15.8 Å². The van der Waals surface area contributed by atoms with E-state index in [2.05, 4.69) is 5.32 Å². The van der Waals surface area contributed by atoms with Crippen molar-refractivity contribution in [3.8, 4) is 5.75 Å². The van der Waals surface area contributed by atoms with Crippen LogP contribution in [0.5, 0.6) is 5.75 Å². The number of hydrogen-bond donors (Lipinski definition) is 2. The van der Waals surface area contributed by atoms with Gasteiger partial charge in [0.15, 0.2) is 5.78 Å². The molecule has 0 aliphatic rings. The van der Waals surface area contributed by atoms with E-state index in [1.807, 2.05) is 6.07 Å². The maximum atomic E-state index is 11.3. The number of anilines is 3. The number of halogens is 1. The van der Waals surface area contributed by atoms with Gasteiger partial charge in [-0.3, -0.25) is 4.79 Å². The van der Waals surface area contributed by atoms with Crippen LogP contribution in [-0.2, 0) is 0 Å². The van der Waals surface area contributed by atoms with Crippen LogP contribution in [-0.4, -0.2) is 12.9 Å². The van der Waals surface area contributed by atoms with Crippen molar-refractivity contribution in [3.05, 3.63) is 47.0 Å². The van der Waals surface area contributed by atoms with E-state index in [4.69, 9.17) is 22.1 Å². The molecule has 0 heterocycles.